The molecule has 1 heterocycles. The summed E-state index contributed by atoms with van der Waals surface area (Å²) < 4.78 is 31.7. The molecule has 1 aromatic carbocycles. The zero-order valence-corrected chi connectivity index (χ0v) is 12.9. The molecular weight excluding hydrogens is 296 g/mol. The quantitative estimate of drug-likeness (QED) is 0.655. The second-order valence-electron chi connectivity index (χ2n) is 4.21. The van der Waals surface area contributed by atoms with Gasteiger partial charge in [-0.3, -0.25) is 0 Å². The molecule has 1 N–H and O–H groups in total. The lowest BCUT2D eigenvalue weighted by Gasteiger charge is -2.06. The van der Waals surface area contributed by atoms with Crippen LogP contribution in [0, 0.1) is 13.8 Å². The number of sulfonamides is 1. The van der Waals surface area contributed by atoms with Crippen molar-refractivity contribution >= 4 is 21.8 Å². The number of hydrogen-bond donors (Lipinski definition) is 1. The minimum atomic E-state index is -3.55. The molecule has 20 heavy (non-hydrogen) atoms. The fourth-order valence-electron chi connectivity index (χ4n) is 1.79. The number of benzene rings is 1. The molecule has 1 aromatic heterocycles. The fourth-order valence-corrected chi connectivity index (χ4v) is 4.07. The minimum Gasteiger partial charge on any atom is -0.360 e. The van der Waals surface area contributed by atoms with Gasteiger partial charge in [0.25, 0.3) is 0 Å². The summed E-state index contributed by atoms with van der Waals surface area (Å²) in [6.07, 6.45) is 0. The van der Waals surface area contributed by atoms with Crippen LogP contribution in [0.5, 0.6) is 0 Å². The molecule has 5 nitrogen and oxygen atoms in total. The first kappa shape index (κ1) is 15.1. The maximum absolute atomic E-state index is 12.1. The first-order chi connectivity index (χ1) is 9.50. The highest BCUT2D eigenvalue weighted by molar-refractivity contribution is 7.99. The zero-order chi connectivity index (χ0) is 14.6. The van der Waals surface area contributed by atoms with E-state index in [1.54, 1.807) is 25.6 Å². The molecular formula is C13H16N2O3S2. The van der Waals surface area contributed by atoms with E-state index in [4.69, 9.17) is 4.52 Å². The number of aryl methyl sites for hydroxylation is 2. The average molecular weight is 312 g/mol. The number of nitrogens with zero attached hydrogens (tertiary/aromatic N) is 1. The van der Waals surface area contributed by atoms with E-state index in [2.05, 4.69) is 9.88 Å². The zero-order valence-electron chi connectivity index (χ0n) is 11.3. The normalized spacial score (nSPS) is 11.7. The SMILES string of the molecule is Cc1noc(C)c1S(=O)(=O)NCCSc1ccccc1. The molecule has 0 spiro atoms. The van der Waals surface area contributed by atoms with Crippen LogP contribution in [0.4, 0.5) is 0 Å². The highest BCUT2D eigenvalue weighted by atomic mass is 32.2. The molecule has 0 bridgehead atoms. The van der Waals surface area contributed by atoms with Gasteiger partial charge in [0.15, 0.2) is 5.76 Å². The monoisotopic (exact) mass is 312 g/mol. The van der Waals surface area contributed by atoms with Gasteiger partial charge in [-0.2, -0.15) is 0 Å². The molecule has 0 saturated heterocycles. The van der Waals surface area contributed by atoms with Crippen molar-refractivity contribution in [2.24, 2.45) is 0 Å². The Labute approximate surface area is 122 Å². The van der Waals surface area contributed by atoms with Crippen molar-refractivity contribution in [3.63, 3.8) is 0 Å². The molecule has 108 valence electrons. The number of aromatic nitrogens is 1. The van der Waals surface area contributed by atoms with Crippen LogP contribution in [0.15, 0.2) is 44.6 Å². The van der Waals surface area contributed by atoms with E-state index >= 15 is 0 Å². The molecule has 0 fully saturated rings. The summed E-state index contributed by atoms with van der Waals surface area (Å²) in [7, 11) is -3.55. The second kappa shape index (κ2) is 6.43. The van der Waals surface area contributed by atoms with E-state index in [-0.39, 0.29) is 4.90 Å². The van der Waals surface area contributed by atoms with Gasteiger partial charge in [-0.1, -0.05) is 23.4 Å². The summed E-state index contributed by atoms with van der Waals surface area (Å²) in [6.45, 7) is 3.56. The largest absolute Gasteiger partial charge is 0.360 e. The number of hydrogen-bond acceptors (Lipinski definition) is 5. The van der Waals surface area contributed by atoms with Crippen molar-refractivity contribution in [2.75, 3.05) is 12.3 Å². The Bertz CT molecular complexity index is 647. The summed E-state index contributed by atoms with van der Waals surface area (Å²) in [4.78, 5) is 1.26. The molecule has 2 aromatic rings. The van der Waals surface area contributed by atoms with Crippen LogP contribution in [0.3, 0.4) is 0 Å². The van der Waals surface area contributed by atoms with Crippen molar-refractivity contribution in [1.82, 2.24) is 9.88 Å². The van der Waals surface area contributed by atoms with E-state index in [1.807, 2.05) is 30.3 Å². The molecule has 0 amide bonds. The van der Waals surface area contributed by atoms with Crippen molar-refractivity contribution in [3.8, 4) is 0 Å². The smallest absolute Gasteiger partial charge is 0.245 e. The lowest BCUT2D eigenvalue weighted by atomic mass is 10.4. The third kappa shape index (κ3) is 3.62. The Morgan fingerprint density at radius 2 is 1.95 bits per heavy atom. The van der Waals surface area contributed by atoms with Crippen molar-refractivity contribution in [3.05, 3.63) is 41.8 Å². The highest BCUT2D eigenvalue weighted by Gasteiger charge is 2.23. The van der Waals surface area contributed by atoms with E-state index in [9.17, 15) is 8.42 Å². The predicted octanol–water partition coefficient (Wildman–Crippen LogP) is 2.36. The first-order valence-electron chi connectivity index (χ1n) is 6.11. The molecule has 0 saturated carbocycles. The first-order valence-corrected chi connectivity index (χ1v) is 8.58. The van der Waals surface area contributed by atoms with Crippen LogP contribution in [0.2, 0.25) is 0 Å². The molecule has 7 heteroatoms. The Hall–Kier alpha value is -1.31. The standard InChI is InChI=1S/C13H16N2O3S2/c1-10-13(11(2)18-15-10)20(16,17)14-8-9-19-12-6-4-3-5-7-12/h3-7,14H,8-9H2,1-2H3. The highest BCUT2D eigenvalue weighted by Crippen LogP contribution is 2.19. The average Bonchev–Trinajstić information content (AvgIpc) is 2.76. The van der Waals surface area contributed by atoms with E-state index in [0.29, 0.717) is 23.8 Å². The minimum absolute atomic E-state index is 0.141. The molecule has 0 aliphatic heterocycles. The van der Waals surface area contributed by atoms with E-state index in [1.165, 1.54) is 0 Å². The fraction of sp³-hybridized carbons (Fsp3) is 0.308. The molecule has 0 radical (unpaired) electrons. The van der Waals surface area contributed by atoms with Crippen molar-refractivity contribution in [2.45, 2.75) is 23.6 Å². The Kier molecular flexibility index (Phi) is 4.85. The van der Waals surface area contributed by atoms with Gasteiger partial charge in [0.05, 0.1) is 0 Å². The number of thioether (sulfide) groups is 1. The van der Waals surface area contributed by atoms with Crippen LogP contribution in [0.25, 0.3) is 0 Å². The topological polar surface area (TPSA) is 72.2 Å². The van der Waals surface area contributed by atoms with Gasteiger partial charge >= 0.3 is 0 Å². The summed E-state index contributed by atoms with van der Waals surface area (Å²) in [6, 6.07) is 9.85. The van der Waals surface area contributed by atoms with Gasteiger partial charge < -0.3 is 4.52 Å². The molecule has 0 aliphatic carbocycles. The summed E-state index contributed by atoms with van der Waals surface area (Å²) in [5.74, 6) is 0.970. The van der Waals surface area contributed by atoms with Gasteiger partial charge in [0.2, 0.25) is 10.0 Å². The lowest BCUT2D eigenvalue weighted by molar-refractivity contribution is 0.390. The maximum Gasteiger partial charge on any atom is 0.245 e. The molecule has 0 unspecified atom stereocenters. The molecule has 2 rings (SSSR count). The van der Waals surface area contributed by atoms with Gasteiger partial charge in [-0.15, -0.1) is 11.8 Å². The Morgan fingerprint density at radius 1 is 1.25 bits per heavy atom. The Balaban J connectivity index is 1.91. The maximum atomic E-state index is 12.1. The predicted molar refractivity (Wildman–Crippen MR) is 78.3 cm³/mol. The second-order valence-corrected chi connectivity index (χ2v) is 7.08. The van der Waals surface area contributed by atoms with Gasteiger partial charge in [0.1, 0.15) is 10.6 Å². The summed E-state index contributed by atoms with van der Waals surface area (Å²) >= 11 is 1.60. The van der Waals surface area contributed by atoms with E-state index < -0.39 is 10.0 Å². The van der Waals surface area contributed by atoms with E-state index in [0.717, 1.165) is 4.90 Å². The van der Waals surface area contributed by atoms with Gasteiger partial charge in [-0.05, 0) is 26.0 Å². The van der Waals surface area contributed by atoms with Gasteiger partial charge in [-0.25, -0.2) is 13.1 Å². The number of rotatable bonds is 6. The van der Waals surface area contributed by atoms with Crippen LogP contribution >= 0.6 is 11.8 Å². The summed E-state index contributed by atoms with van der Waals surface area (Å²) in [5, 5.41) is 3.66. The van der Waals surface area contributed by atoms with Crippen LogP contribution in [-0.2, 0) is 10.0 Å². The lowest BCUT2D eigenvalue weighted by Crippen LogP contribution is -2.26. The third-order valence-electron chi connectivity index (χ3n) is 2.64. The molecule has 0 atom stereocenters. The number of nitrogens with one attached hydrogen (secondary N) is 1. The molecule has 0 aliphatic rings. The van der Waals surface area contributed by atoms with Crippen molar-refractivity contribution < 1.29 is 12.9 Å². The van der Waals surface area contributed by atoms with Crippen LogP contribution in [0.1, 0.15) is 11.5 Å². The van der Waals surface area contributed by atoms with Gasteiger partial charge in [0, 0.05) is 17.2 Å². The van der Waals surface area contributed by atoms with Crippen molar-refractivity contribution in [1.29, 1.82) is 0 Å². The summed E-state index contributed by atoms with van der Waals surface area (Å²) in [5.41, 5.74) is 0.380. The van der Waals surface area contributed by atoms with Crippen LogP contribution < -0.4 is 4.72 Å². The third-order valence-corrected chi connectivity index (χ3v) is 5.36. The van der Waals surface area contributed by atoms with Crippen LogP contribution in [-0.4, -0.2) is 25.9 Å². The Morgan fingerprint density at radius 3 is 2.55 bits per heavy atom.